The Balaban J connectivity index is 1.43. The standard InChI is InChI=1S/C14H23N3O4S/c1-2-9-22(18,19)17-7-5-12(6-8-17)20-10-13-15-14(16-21-13)11-3-4-11/h11-12H,2-10H2,1H3. The summed E-state index contributed by atoms with van der Waals surface area (Å²) in [5.41, 5.74) is 0. The second-order valence-electron chi connectivity index (χ2n) is 6.05. The maximum absolute atomic E-state index is 12.0. The summed E-state index contributed by atoms with van der Waals surface area (Å²) in [5, 5.41) is 3.95. The molecule has 0 bridgehead atoms. The molecule has 1 aromatic heterocycles. The first-order valence-corrected chi connectivity index (χ1v) is 9.61. The SMILES string of the molecule is CCCS(=O)(=O)N1CCC(OCc2nc(C3CC3)no2)CC1. The molecule has 1 aliphatic heterocycles. The normalized spacial score (nSPS) is 21.3. The Kier molecular flexibility index (Phi) is 4.79. The second kappa shape index (κ2) is 6.64. The van der Waals surface area contributed by atoms with Gasteiger partial charge in [-0.3, -0.25) is 0 Å². The lowest BCUT2D eigenvalue weighted by atomic mass is 10.1. The van der Waals surface area contributed by atoms with Gasteiger partial charge in [0, 0.05) is 19.0 Å². The van der Waals surface area contributed by atoms with E-state index in [0.717, 1.165) is 18.7 Å². The number of piperidine rings is 1. The summed E-state index contributed by atoms with van der Waals surface area (Å²) in [7, 11) is -3.09. The van der Waals surface area contributed by atoms with E-state index >= 15 is 0 Å². The Morgan fingerprint density at radius 2 is 2.00 bits per heavy atom. The van der Waals surface area contributed by atoms with Crippen LogP contribution in [0.4, 0.5) is 0 Å². The Bertz CT molecular complexity index is 589. The third-order valence-corrected chi connectivity index (χ3v) is 6.20. The van der Waals surface area contributed by atoms with E-state index in [9.17, 15) is 8.42 Å². The first-order chi connectivity index (χ1) is 10.6. The molecule has 2 fully saturated rings. The van der Waals surface area contributed by atoms with Crippen LogP contribution in [0.2, 0.25) is 0 Å². The monoisotopic (exact) mass is 329 g/mol. The van der Waals surface area contributed by atoms with E-state index < -0.39 is 10.0 Å². The molecule has 0 radical (unpaired) electrons. The lowest BCUT2D eigenvalue weighted by Gasteiger charge is -2.30. The van der Waals surface area contributed by atoms with Crippen LogP contribution in [0.1, 0.15) is 56.7 Å². The molecule has 1 aliphatic carbocycles. The number of aromatic nitrogens is 2. The minimum atomic E-state index is -3.09. The van der Waals surface area contributed by atoms with Gasteiger partial charge in [-0.2, -0.15) is 4.98 Å². The highest BCUT2D eigenvalue weighted by atomic mass is 32.2. The minimum absolute atomic E-state index is 0.0596. The van der Waals surface area contributed by atoms with Crippen molar-refractivity contribution in [3.63, 3.8) is 0 Å². The lowest BCUT2D eigenvalue weighted by molar-refractivity contribution is -0.00118. The van der Waals surface area contributed by atoms with Gasteiger partial charge in [-0.05, 0) is 32.1 Å². The molecule has 0 N–H and O–H groups in total. The molecule has 124 valence electrons. The van der Waals surface area contributed by atoms with Crippen LogP contribution in [0, 0.1) is 0 Å². The first-order valence-electron chi connectivity index (χ1n) is 8.00. The van der Waals surface area contributed by atoms with E-state index in [1.54, 1.807) is 4.31 Å². The first kappa shape index (κ1) is 15.9. The fourth-order valence-electron chi connectivity index (χ4n) is 2.69. The van der Waals surface area contributed by atoms with E-state index in [4.69, 9.17) is 9.26 Å². The fraction of sp³-hybridized carbons (Fsp3) is 0.857. The summed E-state index contributed by atoms with van der Waals surface area (Å²) in [4.78, 5) is 4.33. The molecule has 1 saturated carbocycles. The topological polar surface area (TPSA) is 85.5 Å². The maximum Gasteiger partial charge on any atom is 0.252 e. The van der Waals surface area contributed by atoms with Crippen molar-refractivity contribution in [2.45, 2.75) is 57.7 Å². The van der Waals surface area contributed by atoms with Gasteiger partial charge in [-0.1, -0.05) is 12.1 Å². The molecule has 1 saturated heterocycles. The molecule has 2 aliphatic rings. The van der Waals surface area contributed by atoms with Crippen LogP contribution in [0.5, 0.6) is 0 Å². The van der Waals surface area contributed by atoms with E-state index in [0.29, 0.717) is 50.8 Å². The predicted molar refractivity (Wildman–Crippen MR) is 79.7 cm³/mol. The van der Waals surface area contributed by atoms with Crippen molar-refractivity contribution < 1.29 is 17.7 Å². The Hall–Kier alpha value is -0.990. The molecular weight excluding hydrogens is 306 g/mol. The highest BCUT2D eigenvalue weighted by Gasteiger charge is 2.30. The molecule has 3 rings (SSSR count). The molecule has 22 heavy (non-hydrogen) atoms. The highest BCUT2D eigenvalue weighted by Crippen LogP contribution is 2.38. The predicted octanol–water partition coefficient (Wildman–Crippen LogP) is 1.67. The molecule has 2 heterocycles. The van der Waals surface area contributed by atoms with Gasteiger partial charge in [0.1, 0.15) is 6.61 Å². The van der Waals surface area contributed by atoms with E-state index in [1.165, 1.54) is 0 Å². The Labute approximate surface area is 131 Å². The molecule has 7 nitrogen and oxygen atoms in total. The molecule has 0 spiro atoms. The lowest BCUT2D eigenvalue weighted by Crippen LogP contribution is -2.41. The van der Waals surface area contributed by atoms with Crippen LogP contribution < -0.4 is 0 Å². The van der Waals surface area contributed by atoms with Crippen molar-refractivity contribution in [1.82, 2.24) is 14.4 Å². The van der Waals surface area contributed by atoms with Gasteiger partial charge in [0.25, 0.3) is 5.89 Å². The molecule has 0 amide bonds. The van der Waals surface area contributed by atoms with Crippen LogP contribution in [0.15, 0.2) is 4.52 Å². The van der Waals surface area contributed by atoms with Gasteiger partial charge in [0.05, 0.1) is 11.9 Å². The third kappa shape index (κ3) is 3.85. The minimum Gasteiger partial charge on any atom is -0.368 e. The van der Waals surface area contributed by atoms with Crippen LogP contribution in [0.25, 0.3) is 0 Å². The van der Waals surface area contributed by atoms with Crippen molar-refractivity contribution in [3.8, 4) is 0 Å². The summed E-state index contributed by atoms with van der Waals surface area (Å²) in [6.45, 7) is 3.26. The average Bonchev–Trinajstić information content (AvgIpc) is 3.25. The molecule has 0 unspecified atom stereocenters. The molecule has 1 aromatic rings. The van der Waals surface area contributed by atoms with Gasteiger partial charge in [0.2, 0.25) is 10.0 Å². The Morgan fingerprint density at radius 1 is 1.27 bits per heavy atom. The van der Waals surface area contributed by atoms with Gasteiger partial charge >= 0.3 is 0 Å². The number of rotatable bonds is 7. The van der Waals surface area contributed by atoms with Crippen LogP contribution in [-0.2, 0) is 21.4 Å². The maximum atomic E-state index is 12.0. The van der Waals surface area contributed by atoms with Crippen LogP contribution >= 0.6 is 0 Å². The van der Waals surface area contributed by atoms with Crippen molar-refractivity contribution >= 4 is 10.0 Å². The second-order valence-corrected chi connectivity index (χ2v) is 8.13. The number of hydrogen-bond donors (Lipinski definition) is 0. The quantitative estimate of drug-likeness (QED) is 0.756. The zero-order valence-corrected chi connectivity index (χ0v) is 13.7. The molecule has 0 atom stereocenters. The van der Waals surface area contributed by atoms with E-state index in [-0.39, 0.29) is 11.9 Å². The van der Waals surface area contributed by atoms with Crippen LogP contribution in [0.3, 0.4) is 0 Å². The summed E-state index contributed by atoms with van der Waals surface area (Å²) >= 11 is 0. The van der Waals surface area contributed by atoms with Gasteiger partial charge in [0.15, 0.2) is 5.82 Å². The van der Waals surface area contributed by atoms with E-state index in [2.05, 4.69) is 10.1 Å². The molecule has 0 aromatic carbocycles. The smallest absolute Gasteiger partial charge is 0.252 e. The summed E-state index contributed by atoms with van der Waals surface area (Å²) in [5.74, 6) is 2.01. The zero-order valence-electron chi connectivity index (χ0n) is 12.9. The van der Waals surface area contributed by atoms with Crippen molar-refractivity contribution in [1.29, 1.82) is 0 Å². The molecular formula is C14H23N3O4S. The van der Waals surface area contributed by atoms with E-state index in [1.807, 2.05) is 6.92 Å². The third-order valence-electron chi connectivity index (χ3n) is 4.13. The summed E-state index contributed by atoms with van der Waals surface area (Å²) in [6.07, 6.45) is 4.43. The highest BCUT2D eigenvalue weighted by molar-refractivity contribution is 7.89. The average molecular weight is 329 g/mol. The Morgan fingerprint density at radius 3 is 2.64 bits per heavy atom. The van der Waals surface area contributed by atoms with Crippen molar-refractivity contribution in [2.75, 3.05) is 18.8 Å². The molecule has 8 heteroatoms. The number of ether oxygens (including phenoxy) is 1. The van der Waals surface area contributed by atoms with Gasteiger partial charge < -0.3 is 9.26 Å². The summed E-state index contributed by atoms with van der Waals surface area (Å²) < 4.78 is 36.5. The van der Waals surface area contributed by atoms with Crippen molar-refractivity contribution in [2.24, 2.45) is 0 Å². The largest absolute Gasteiger partial charge is 0.368 e. The fourth-order valence-corrected chi connectivity index (χ4v) is 4.23. The zero-order chi connectivity index (χ0) is 15.6. The summed E-state index contributed by atoms with van der Waals surface area (Å²) in [6, 6.07) is 0. The number of hydrogen-bond acceptors (Lipinski definition) is 6. The van der Waals surface area contributed by atoms with Gasteiger partial charge in [-0.15, -0.1) is 0 Å². The van der Waals surface area contributed by atoms with Gasteiger partial charge in [-0.25, -0.2) is 12.7 Å². The number of sulfonamides is 1. The van der Waals surface area contributed by atoms with Crippen molar-refractivity contribution in [3.05, 3.63) is 11.7 Å². The number of nitrogens with zero attached hydrogens (tertiary/aromatic N) is 3. The van der Waals surface area contributed by atoms with Crippen LogP contribution in [-0.4, -0.2) is 47.8 Å².